The molecular weight excluding hydrogens is 226 g/mol. The van der Waals surface area contributed by atoms with Crippen LogP contribution in [-0.2, 0) is 16.6 Å². The minimum Gasteiger partial charge on any atom is -0.369 e. The van der Waals surface area contributed by atoms with Crippen LogP contribution in [0.4, 0.5) is 0 Å². The van der Waals surface area contributed by atoms with E-state index in [0.29, 0.717) is 6.54 Å². The summed E-state index contributed by atoms with van der Waals surface area (Å²) in [6, 6.07) is 5.95. The van der Waals surface area contributed by atoms with Crippen LogP contribution in [-0.4, -0.2) is 17.4 Å². The van der Waals surface area contributed by atoms with Crippen LogP contribution in [0.15, 0.2) is 24.4 Å². The molecule has 0 spiro atoms. The summed E-state index contributed by atoms with van der Waals surface area (Å²) in [4.78, 5) is 14.7. The number of hydrogen-bond donors (Lipinski definition) is 3. The number of aromatic nitrogens is 1. The summed E-state index contributed by atoms with van der Waals surface area (Å²) in [6.07, 6.45) is 2.79. The fraction of sp³-hybridized carbons (Fsp3) is 0.357. The van der Waals surface area contributed by atoms with Gasteiger partial charge in [-0.1, -0.05) is 6.07 Å². The van der Waals surface area contributed by atoms with E-state index < -0.39 is 5.41 Å². The molecule has 2 aromatic rings. The molecule has 4 nitrogen and oxygen atoms in total. The van der Waals surface area contributed by atoms with E-state index in [2.05, 4.69) is 4.98 Å². The van der Waals surface area contributed by atoms with Crippen LogP contribution < -0.4 is 11.5 Å². The molecule has 0 unspecified atom stereocenters. The lowest BCUT2D eigenvalue weighted by Crippen LogP contribution is -2.35. The van der Waals surface area contributed by atoms with Gasteiger partial charge in [0, 0.05) is 17.1 Å². The Morgan fingerprint density at radius 2 is 2.11 bits per heavy atom. The normalized spacial score (nSPS) is 11.9. The van der Waals surface area contributed by atoms with E-state index in [1.807, 2.05) is 38.2 Å². The van der Waals surface area contributed by atoms with Gasteiger partial charge in [-0.25, -0.2) is 0 Å². The molecule has 0 saturated carbocycles. The predicted octanol–water partition coefficient (Wildman–Crippen LogP) is 1.43. The van der Waals surface area contributed by atoms with E-state index in [1.165, 1.54) is 5.56 Å². The number of carbonyl (C=O) groups excluding carboxylic acids is 1. The number of fused-ring (bicyclic) bond motifs is 1. The molecule has 0 saturated heterocycles. The summed E-state index contributed by atoms with van der Waals surface area (Å²) in [5.74, 6) is -0.322. The maximum absolute atomic E-state index is 11.5. The smallest absolute Gasteiger partial charge is 0.227 e. The third kappa shape index (κ3) is 1.99. The summed E-state index contributed by atoms with van der Waals surface area (Å²) in [5, 5.41) is 1.12. The van der Waals surface area contributed by atoms with Gasteiger partial charge in [0.1, 0.15) is 0 Å². The number of carbonyl (C=O) groups is 1. The molecule has 96 valence electrons. The molecule has 0 aliphatic carbocycles. The van der Waals surface area contributed by atoms with Crippen LogP contribution in [0.3, 0.4) is 0 Å². The van der Waals surface area contributed by atoms with Crippen LogP contribution in [0.2, 0.25) is 0 Å². The molecule has 5 N–H and O–H groups in total. The van der Waals surface area contributed by atoms with Crippen molar-refractivity contribution < 1.29 is 4.79 Å². The van der Waals surface area contributed by atoms with Crippen LogP contribution in [0.1, 0.15) is 25.0 Å². The van der Waals surface area contributed by atoms with E-state index in [-0.39, 0.29) is 5.91 Å². The predicted molar refractivity (Wildman–Crippen MR) is 73.3 cm³/mol. The number of primary amides is 1. The van der Waals surface area contributed by atoms with Gasteiger partial charge in [-0.3, -0.25) is 4.79 Å². The van der Waals surface area contributed by atoms with Crippen molar-refractivity contribution in [2.24, 2.45) is 11.5 Å². The Morgan fingerprint density at radius 3 is 2.72 bits per heavy atom. The molecule has 0 radical (unpaired) electrons. The van der Waals surface area contributed by atoms with E-state index >= 15 is 0 Å². The SMILES string of the molecule is CC(C)(C(N)=O)c1ccc2[nH]cc(CCN)c2c1. The first-order valence-electron chi connectivity index (χ1n) is 6.07. The first-order valence-corrected chi connectivity index (χ1v) is 6.07. The Morgan fingerprint density at radius 1 is 1.39 bits per heavy atom. The fourth-order valence-corrected chi connectivity index (χ4v) is 2.07. The molecule has 1 aromatic carbocycles. The van der Waals surface area contributed by atoms with Gasteiger partial charge in [-0.05, 0) is 50.1 Å². The van der Waals surface area contributed by atoms with Crippen LogP contribution >= 0.6 is 0 Å². The topological polar surface area (TPSA) is 84.9 Å². The molecular formula is C14H19N3O. The lowest BCUT2D eigenvalue weighted by molar-refractivity contribution is -0.122. The molecule has 4 heteroatoms. The Bertz CT molecular complexity index is 584. The zero-order chi connectivity index (χ0) is 13.3. The quantitative estimate of drug-likeness (QED) is 0.761. The fourth-order valence-electron chi connectivity index (χ4n) is 2.07. The second-order valence-electron chi connectivity index (χ2n) is 5.10. The Hall–Kier alpha value is -1.81. The summed E-state index contributed by atoms with van der Waals surface area (Å²) in [6.45, 7) is 4.29. The number of hydrogen-bond acceptors (Lipinski definition) is 2. The molecule has 0 bridgehead atoms. The number of rotatable bonds is 4. The van der Waals surface area contributed by atoms with Crippen molar-refractivity contribution in [2.75, 3.05) is 6.54 Å². The summed E-state index contributed by atoms with van der Waals surface area (Å²) in [7, 11) is 0. The Labute approximate surface area is 106 Å². The van der Waals surface area contributed by atoms with Crippen LogP contribution in [0.25, 0.3) is 10.9 Å². The molecule has 0 aliphatic rings. The van der Waals surface area contributed by atoms with Gasteiger partial charge >= 0.3 is 0 Å². The largest absolute Gasteiger partial charge is 0.369 e. The van der Waals surface area contributed by atoms with Crippen molar-refractivity contribution in [3.63, 3.8) is 0 Å². The lowest BCUT2D eigenvalue weighted by atomic mass is 9.83. The number of amides is 1. The zero-order valence-corrected chi connectivity index (χ0v) is 10.8. The number of nitrogens with one attached hydrogen (secondary N) is 1. The maximum atomic E-state index is 11.5. The lowest BCUT2D eigenvalue weighted by Gasteiger charge is -2.21. The third-order valence-corrected chi connectivity index (χ3v) is 3.52. The molecule has 1 aromatic heterocycles. The molecule has 1 amide bonds. The highest BCUT2D eigenvalue weighted by Crippen LogP contribution is 2.28. The molecule has 0 atom stereocenters. The highest BCUT2D eigenvalue weighted by Gasteiger charge is 2.27. The number of benzene rings is 1. The van der Waals surface area contributed by atoms with Crippen molar-refractivity contribution >= 4 is 16.8 Å². The van der Waals surface area contributed by atoms with Crippen molar-refractivity contribution in [3.8, 4) is 0 Å². The minimum atomic E-state index is -0.661. The molecule has 1 heterocycles. The monoisotopic (exact) mass is 245 g/mol. The van der Waals surface area contributed by atoms with E-state index in [1.54, 1.807) is 0 Å². The second kappa shape index (κ2) is 4.46. The zero-order valence-electron chi connectivity index (χ0n) is 10.8. The van der Waals surface area contributed by atoms with Gasteiger partial charge in [-0.15, -0.1) is 0 Å². The third-order valence-electron chi connectivity index (χ3n) is 3.52. The minimum absolute atomic E-state index is 0.322. The highest BCUT2D eigenvalue weighted by molar-refractivity contribution is 5.89. The molecule has 0 aliphatic heterocycles. The van der Waals surface area contributed by atoms with E-state index in [4.69, 9.17) is 11.5 Å². The Balaban J connectivity index is 2.55. The van der Waals surface area contributed by atoms with E-state index in [0.717, 1.165) is 22.9 Å². The standard InChI is InChI=1S/C14H19N3O/c1-14(2,13(16)18)10-3-4-12-11(7-10)9(5-6-15)8-17-12/h3-4,7-8,17H,5-6,15H2,1-2H3,(H2,16,18). The highest BCUT2D eigenvalue weighted by atomic mass is 16.1. The molecule has 18 heavy (non-hydrogen) atoms. The van der Waals surface area contributed by atoms with Crippen molar-refractivity contribution in [3.05, 3.63) is 35.5 Å². The van der Waals surface area contributed by atoms with Crippen molar-refractivity contribution in [1.29, 1.82) is 0 Å². The number of nitrogens with two attached hydrogens (primary N) is 2. The molecule has 2 rings (SSSR count). The second-order valence-corrected chi connectivity index (χ2v) is 5.10. The molecule has 0 fully saturated rings. The first kappa shape index (κ1) is 12.6. The van der Waals surface area contributed by atoms with Crippen molar-refractivity contribution in [2.45, 2.75) is 25.7 Å². The van der Waals surface area contributed by atoms with Gasteiger partial charge in [0.25, 0.3) is 0 Å². The van der Waals surface area contributed by atoms with Gasteiger partial charge in [-0.2, -0.15) is 0 Å². The van der Waals surface area contributed by atoms with Crippen molar-refractivity contribution in [1.82, 2.24) is 4.98 Å². The van der Waals surface area contributed by atoms with Crippen LogP contribution in [0, 0.1) is 0 Å². The average Bonchev–Trinajstić information content (AvgIpc) is 2.72. The number of aromatic amines is 1. The van der Waals surface area contributed by atoms with E-state index in [9.17, 15) is 4.79 Å². The van der Waals surface area contributed by atoms with Gasteiger partial charge in [0.05, 0.1) is 5.41 Å². The summed E-state index contributed by atoms with van der Waals surface area (Å²) in [5.41, 5.74) is 13.5. The van der Waals surface area contributed by atoms with Gasteiger partial charge in [0.15, 0.2) is 0 Å². The average molecular weight is 245 g/mol. The van der Waals surface area contributed by atoms with Gasteiger partial charge < -0.3 is 16.5 Å². The summed E-state index contributed by atoms with van der Waals surface area (Å²) >= 11 is 0. The van der Waals surface area contributed by atoms with Crippen LogP contribution in [0.5, 0.6) is 0 Å². The summed E-state index contributed by atoms with van der Waals surface area (Å²) < 4.78 is 0. The maximum Gasteiger partial charge on any atom is 0.227 e. The first-order chi connectivity index (χ1) is 8.46. The van der Waals surface area contributed by atoms with Gasteiger partial charge in [0.2, 0.25) is 5.91 Å². The number of H-pyrrole nitrogens is 1. The Kier molecular flexibility index (Phi) is 3.13.